The van der Waals surface area contributed by atoms with Crippen LogP contribution in [0.4, 0.5) is 5.69 Å². The maximum absolute atomic E-state index is 12.4. The summed E-state index contributed by atoms with van der Waals surface area (Å²) >= 11 is 6.09. The molecular weight excluding hydrogens is 348 g/mol. The molecule has 0 atom stereocenters. The number of para-hydroxylation sites is 2. The number of nitrogens with one attached hydrogen (secondary N) is 1. The predicted octanol–water partition coefficient (Wildman–Crippen LogP) is 2.90. The van der Waals surface area contributed by atoms with Gasteiger partial charge in [-0.15, -0.1) is 0 Å². The standard InChI is InChI=1S/C17H15ClN2O5/c1-23-14-8-15(24-2)11(7-10(14)18)19-16(21)9-20-12-5-3-4-6-13(12)25-17(20)22/h3-8H,9H2,1-2H3,(H,19,21). The SMILES string of the molecule is COc1cc(OC)c(NC(=O)Cn2c(=O)oc3ccccc32)cc1Cl. The maximum atomic E-state index is 12.4. The lowest BCUT2D eigenvalue weighted by Crippen LogP contribution is -2.25. The van der Waals surface area contributed by atoms with Crippen molar-refractivity contribution in [3.63, 3.8) is 0 Å². The summed E-state index contributed by atoms with van der Waals surface area (Å²) in [5.41, 5.74) is 1.34. The number of amides is 1. The molecule has 1 aromatic heterocycles. The minimum atomic E-state index is -0.601. The number of anilines is 1. The van der Waals surface area contributed by atoms with Gasteiger partial charge in [0.05, 0.1) is 30.4 Å². The van der Waals surface area contributed by atoms with E-state index in [0.29, 0.717) is 33.3 Å². The summed E-state index contributed by atoms with van der Waals surface area (Å²) in [7, 11) is 2.95. The van der Waals surface area contributed by atoms with Crippen molar-refractivity contribution >= 4 is 34.3 Å². The van der Waals surface area contributed by atoms with Crippen molar-refractivity contribution < 1.29 is 18.7 Å². The van der Waals surface area contributed by atoms with Gasteiger partial charge in [0.1, 0.15) is 18.0 Å². The number of rotatable bonds is 5. The Bertz CT molecular complexity index is 992. The van der Waals surface area contributed by atoms with Gasteiger partial charge < -0.3 is 19.2 Å². The van der Waals surface area contributed by atoms with Crippen LogP contribution in [0.15, 0.2) is 45.6 Å². The first kappa shape index (κ1) is 16.9. The number of methoxy groups -OCH3 is 2. The molecule has 2 aromatic carbocycles. The van der Waals surface area contributed by atoms with Crippen LogP contribution in [0, 0.1) is 0 Å². The largest absolute Gasteiger partial charge is 0.495 e. The zero-order valence-corrected chi connectivity index (χ0v) is 14.3. The van der Waals surface area contributed by atoms with Gasteiger partial charge in [0.2, 0.25) is 5.91 Å². The Kier molecular flexibility index (Phi) is 4.67. The summed E-state index contributed by atoms with van der Waals surface area (Å²) in [5, 5.41) is 3.00. The summed E-state index contributed by atoms with van der Waals surface area (Å²) in [5.74, 6) is -0.211. The normalized spacial score (nSPS) is 10.7. The van der Waals surface area contributed by atoms with Crippen molar-refractivity contribution in [2.45, 2.75) is 6.54 Å². The number of halogens is 1. The monoisotopic (exact) mass is 362 g/mol. The van der Waals surface area contributed by atoms with E-state index in [0.717, 1.165) is 0 Å². The fourth-order valence-corrected chi connectivity index (χ4v) is 2.70. The van der Waals surface area contributed by atoms with Crippen LogP contribution in [0.5, 0.6) is 11.5 Å². The summed E-state index contributed by atoms with van der Waals surface area (Å²) in [6, 6.07) is 9.97. The molecule has 0 fully saturated rings. The third-order valence-corrected chi connectivity index (χ3v) is 3.92. The van der Waals surface area contributed by atoms with E-state index < -0.39 is 11.7 Å². The highest BCUT2D eigenvalue weighted by molar-refractivity contribution is 6.32. The first-order valence-electron chi connectivity index (χ1n) is 7.33. The van der Waals surface area contributed by atoms with Crippen molar-refractivity contribution in [2.75, 3.05) is 19.5 Å². The molecule has 0 bridgehead atoms. The highest BCUT2D eigenvalue weighted by Gasteiger charge is 2.15. The Morgan fingerprint density at radius 2 is 1.92 bits per heavy atom. The minimum Gasteiger partial charge on any atom is -0.495 e. The fraction of sp³-hybridized carbons (Fsp3) is 0.176. The summed E-state index contributed by atoms with van der Waals surface area (Å²) in [4.78, 5) is 24.3. The summed E-state index contributed by atoms with van der Waals surface area (Å²) in [6.45, 7) is -0.206. The average molecular weight is 363 g/mol. The van der Waals surface area contributed by atoms with Crippen molar-refractivity contribution in [2.24, 2.45) is 0 Å². The number of aromatic nitrogens is 1. The lowest BCUT2D eigenvalue weighted by atomic mass is 10.2. The van der Waals surface area contributed by atoms with Crippen LogP contribution < -0.4 is 20.5 Å². The van der Waals surface area contributed by atoms with Crippen molar-refractivity contribution in [1.29, 1.82) is 0 Å². The first-order chi connectivity index (χ1) is 12.0. The van der Waals surface area contributed by atoms with Crippen molar-refractivity contribution in [3.8, 4) is 11.5 Å². The van der Waals surface area contributed by atoms with E-state index in [1.54, 1.807) is 30.3 Å². The molecule has 3 aromatic rings. The van der Waals surface area contributed by atoms with E-state index in [-0.39, 0.29) is 6.54 Å². The van der Waals surface area contributed by atoms with E-state index in [9.17, 15) is 9.59 Å². The molecule has 0 radical (unpaired) electrons. The maximum Gasteiger partial charge on any atom is 0.420 e. The van der Waals surface area contributed by atoms with Crippen LogP contribution >= 0.6 is 11.6 Å². The molecule has 1 N–H and O–H groups in total. The number of carbonyl (C=O) groups excluding carboxylic acids is 1. The summed E-state index contributed by atoms with van der Waals surface area (Å²) in [6.07, 6.45) is 0. The highest BCUT2D eigenvalue weighted by atomic mass is 35.5. The van der Waals surface area contributed by atoms with E-state index in [4.69, 9.17) is 25.5 Å². The second-order valence-corrected chi connectivity index (χ2v) is 5.56. The Hall–Kier alpha value is -2.93. The van der Waals surface area contributed by atoms with Gasteiger partial charge in [0.25, 0.3) is 0 Å². The molecule has 1 amide bonds. The number of ether oxygens (including phenoxy) is 2. The van der Waals surface area contributed by atoms with Gasteiger partial charge in [0, 0.05) is 6.07 Å². The van der Waals surface area contributed by atoms with Gasteiger partial charge in [-0.1, -0.05) is 23.7 Å². The number of hydrogen-bond acceptors (Lipinski definition) is 5. The summed E-state index contributed by atoms with van der Waals surface area (Å²) < 4.78 is 16.7. The van der Waals surface area contributed by atoms with Gasteiger partial charge in [-0.25, -0.2) is 4.79 Å². The Balaban J connectivity index is 1.86. The third-order valence-electron chi connectivity index (χ3n) is 3.62. The lowest BCUT2D eigenvalue weighted by molar-refractivity contribution is -0.116. The van der Waals surface area contributed by atoms with Crippen molar-refractivity contribution in [3.05, 3.63) is 52.0 Å². The highest BCUT2D eigenvalue weighted by Crippen LogP contribution is 2.35. The molecule has 0 spiro atoms. The van der Waals surface area contributed by atoms with E-state index in [1.165, 1.54) is 24.9 Å². The van der Waals surface area contributed by atoms with Crippen LogP contribution in [0.1, 0.15) is 0 Å². The average Bonchev–Trinajstić information content (AvgIpc) is 2.91. The molecule has 25 heavy (non-hydrogen) atoms. The quantitative estimate of drug-likeness (QED) is 0.754. The van der Waals surface area contributed by atoms with E-state index >= 15 is 0 Å². The number of hydrogen-bond donors (Lipinski definition) is 1. The van der Waals surface area contributed by atoms with Gasteiger partial charge in [-0.05, 0) is 18.2 Å². The van der Waals surface area contributed by atoms with Crippen molar-refractivity contribution in [1.82, 2.24) is 4.57 Å². The molecule has 8 heteroatoms. The number of oxazole rings is 1. The predicted molar refractivity (Wildman–Crippen MR) is 93.7 cm³/mol. The Labute approximate surface area is 147 Å². The number of fused-ring (bicyclic) bond motifs is 1. The second kappa shape index (κ2) is 6.90. The number of nitrogens with zero attached hydrogens (tertiary/aromatic N) is 1. The Morgan fingerprint density at radius 1 is 1.20 bits per heavy atom. The topological polar surface area (TPSA) is 82.7 Å². The molecule has 7 nitrogen and oxygen atoms in total. The molecule has 0 saturated heterocycles. The van der Waals surface area contributed by atoms with Crippen LogP contribution in [0.25, 0.3) is 11.1 Å². The van der Waals surface area contributed by atoms with Crippen LogP contribution in [-0.4, -0.2) is 24.7 Å². The lowest BCUT2D eigenvalue weighted by Gasteiger charge is -2.13. The van der Waals surface area contributed by atoms with Gasteiger partial charge in [0.15, 0.2) is 5.58 Å². The minimum absolute atomic E-state index is 0.206. The van der Waals surface area contributed by atoms with E-state index in [1.807, 2.05) is 0 Å². The first-order valence-corrected chi connectivity index (χ1v) is 7.71. The van der Waals surface area contributed by atoms with Gasteiger partial charge in [-0.3, -0.25) is 9.36 Å². The molecule has 0 aliphatic heterocycles. The zero-order chi connectivity index (χ0) is 18.0. The van der Waals surface area contributed by atoms with Gasteiger partial charge in [-0.2, -0.15) is 0 Å². The fourth-order valence-electron chi connectivity index (χ4n) is 2.45. The molecular formula is C17H15ClN2O5. The molecule has 0 aliphatic carbocycles. The number of benzene rings is 2. The molecule has 1 heterocycles. The zero-order valence-electron chi connectivity index (χ0n) is 13.5. The van der Waals surface area contributed by atoms with Gasteiger partial charge >= 0.3 is 5.76 Å². The molecule has 3 rings (SSSR count). The van der Waals surface area contributed by atoms with Crippen LogP contribution in [-0.2, 0) is 11.3 Å². The molecule has 0 saturated carbocycles. The Morgan fingerprint density at radius 3 is 2.64 bits per heavy atom. The number of carbonyl (C=O) groups is 1. The molecule has 130 valence electrons. The molecule has 0 aliphatic rings. The third kappa shape index (κ3) is 3.32. The smallest absolute Gasteiger partial charge is 0.420 e. The molecule has 0 unspecified atom stereocenters. The van der Waals surface area contributed by atoms with Crippen LogP contribution in [0.2, 0.25) is 5.02 Å². The second-order valence-electron chi connectivity index (χ2n) is 5.16. The van der Waals surface area contributed by atoms with Crippen LogP contribution in [0.3, 0.4) is 0 Å². The van der Waals surface area contributed by atoms with E-state index in [2.05, 4.69) is 5.32 Å².